The maximum atomic E-state index is 12.1. The van der Waals surface area contributed by atoms with Crippen LogP contribution in [0.2, 0.25) is 0 Å². The van der Waals surface area contributed by atoms with E-state index in [9.17, 15) is 4.79 Å². The van der Waals surface area contributed by atoms with Crippen molar-refractivity contribution in [2.24, 2.45) is 5.73 Å². The molecule has 0 saturated heterocycles. The monoisotopic (exact) mass is 264 g/mol. The summed E-state index contributed by atoms with van der Waals surface area (Å²) in [6, 6.07) is 3.84. The predicted octanol–water partition coefficient (Wildman–Crippen LogP) is 3.37. The maximum Gasteiger partial charge on any atom is 0.255 e. The second kappa shape index (κ2) is 8.92. The van der Waals surface area contributed by atoms with E-state index in [1.165, 1.54) is 38.5 Å². The van der Waals surface area contributed by atoms with Gasteiger partial charge in [0.05, 0.1) is 0 Å². The highest BCUT2D eigenvalue weighted by Crippen LogP contribution is 2.08. The fraction of sp³-hybridized carbons (Fsp3) is 0.688. The standard InChI is InChI=1S/C16H28N2O/c1-3-4-5-6-7-8-9-12-18-14(2)10-11-15(13-17)16(18)19/h10-11H,3-9,12-13,17H2,1-2H3. The number of nitrogens with two attached hydrogens (primary N) is 1. The lowest BCUT2D eigenvalue weighted by Crippen LogP contribution is -2.26. The van der Waals surface area contributed by atoms with E-state index in [1.807, 2.05) is 23.6 Å². The van der Waals surface area contributed by atoms with Crippen LogP contribution < -0.4 is 11.3 Å². The molecule has 0 aliphatic carbocycles. The van der Waals surface area contributed by atoms with Crippen LogP contribution in [-0.4, -0.2) is 4.57 Å². The van der Waals surface area contributed by atoms with Gasteiger partial charge in [0.2, 0.25) is 0 Å². The maximum absolute atomic E-state index is 12.1. The number of hydrogen-bond acceptors (Lipinski definition) is 2. The third-order valence-corrected chi connectivity index (χ3v) is 3.68. The fourth-order valence-electron chi connectivity index (χ4n) is 2.38. The van der Waals surface area contributed by atoms with E-state index in [-0.39, 0.29) is 5.56 Å². The van der Waals surface area contributed by atoms with Gasteiger partial charge < -0.3 is 10.3 Å². The molecule has 3 heteroatoms. The first-order chi connectivity index (χ1) is 9.20. The van der Waals surface area contributed by atoms with Gasteiger partial charge in [0, 0.05) is 24.3 Å². The Hall–Kier alpha value is -1.09. The Morgan fingerprint density at radius 3 is 2.32 bits per heavy atom. The Morgan fingerprint density at radius 2 is 1.68 bits per heavy atom. The van der Waals surface area contributed by atoms with Crippen LogP contribution in [0.25, 0.3) is 0 Å². The molecule has 0 atom stereocenters. The molecular formula is C16H28N2O. The van der Waals surface area contributed by atoms with Crippen molar-refractivity contribution in [1.29, 1.82) is 0 Å². The third kappa shape index (κ3) is 5.19. The van der Waals surface area contributed by atoms with E-state index in [2.05, 4.69) is 6.92 Å². The van der Waals surface area contributed by atoms with E-state index in [0.717, 1.165) is 18.7 Å². The number of nitrogens with zero attached hydrogens (tertiary/aromatic N) is 1. The minimum absolute atomic E-state index is 0.0912. The lowest BCUT2D eigenvalue weighted by atomic mass is 10.1. The highest BCUT2D eigenvalue weighted by atomic mass is 16.1. The first-order valence-corrected chi connectivity index (χ1v) is 7.60. The zero-order valence-electron chi connectivity index (χ0n) is 12.5. The summed E-state index contributed by atoms with van der Waals surface area (Å²) in [5.74, 6) is 0. The van der Waals surface area contributed by atoms with Crippen LogP contribution in [0.4, 0.5) is 0 Å². The van der Waals surface area contributed by atoms with Gasteiger partial charge in [-0.2, -0.15) is 0 Å². The van der Waals surface area contributed by atoms with Crippen LogP contribution in [0.3, 0.4) is 0 Å². The van der Waals surface area contributed by atoms with Crippen LogP contribution in [0.5, 0.6) is 0 Å². The summed E-state index contributed by atoms with van der Waals surface area (Å²) >= 11 is 0. The van der Waals surface area contributed by atoms with Gasteiger partial charge >= 0.3 is 0 Å². The number of aryl methyl sites for hydroxylation is 1. The van der Waals surface area contributed by atoms with Crippen LogP contribution in [0.1, 0.15) is 63.1 Å². The normalized spacial score (nSPS) is 10.9. The van der Waals surface area contributed by atoms with Gasteiger partial charge in [-0.05, 0) is 19.4 Å². The van der Waals surface area contributed by atoms with Crippen molar-refractivity contribution in [1.82, 2.24) is 4.57 Å². The molecular weight excluding hydrogens is 236 g/mol. The molecule has 0 saturated carbocycles. The highest BCUT2D eigenvalue weighted by Gasteiger charge is 2.04. The number of unbranched alkanes of at least 4 members (excludes halogenated alkanes) is 6. The molecule has 1 aromatic heterocycles. The smallest absolute Gasteiger partial charge is 0.255 e. The molecule has 2 N–H and O–H groups in total. The van der Waals surface area contributed by atoms with Crippen LogP contribution >= 0.6 is 0 Å². The molecule has 0 aromatic carbocycles. The van der Waals surface area contributed by atoms with E-state index in [0.29, 0.717) is 12.1 Å². The topological polar surface area (TPSA) is 48.0 Å². The minimum Gasteiger partial charge on any atom is -0.326 e. The van der Waals surface area contributed by atoms with Gasteiger partial charge in [0.25, 0.3) is 5.56 Å². The number of rotatable bonds is 9. The molecule has 1 aromatic rings. The average molecular weight is 264 g/mol. The Labute approximate surface area is 116 Å². The summed E-state index contributed by atoms with van der Waals surface area (Å²) in [6.07, 6.45) is 8.88. The molecule has 0 spiro atoms. The first-order valence-electron chi connectivity index (χ1n) is 7.60. The van der Waals surface area contributed by atoms with Gasteiger partial charge in [0.15, 0.2) is 0 Å². The lowest BCUT2D eigenvalue weighted by molar-refractivity contribution is 0.535. The zero-order valence-corrected chi connectivity index (χ0v) is 12.5. The quantitative estimate of drug-likeness (QED) is 0.695. The van der Waals surface area contributed by atoms with Crippen LogP contribution in [0.15, 0.2) is 16.9 Å². The molecule has 0 radical (unpaired) electrons. The Kier molecular flexibility index (Phi) is 7.49. The lowest BCUT2D eigenvalue weighted by Gasteiger charge is -2.11. The zero-order chi connectivity index (χ0) is 14.1. The third-order valence-electron chi connectivity index (χ3n) is 3.68. The van der Waals surface area contributed by atoms with Crippen LogP contribution in [-0.2, 0) is 13.1 Å². The molecule has 1 heterocycles. The highest BCUT2D eigenvalue weighted by molar-refractivity contribution is 5.15. The Balaban J connectivity index is 2.39. The predicted molar refractivity (Wildman–Crippen MR) is 81.3 cm³/mol. The molecule has 1 rings (SSSR count). The molecule has 108 valence electrons. The summed E-state index contributed by atoms with van der Waals surface area (Å²) < 4.78 is 1.87. The van der Waals surface area contributed by atoms with Crippen LogP contribution in [0, 0.1) is 6.92 Å². The molecule has 0 bridgehead atoms. The average Bonchev–Trinajstić information content (AvgIpc) is 2.41. The van der Waals surface area contributed by atoms with Gasteiger partial charge in [-0.3, -0.25) is 4.79 Å². The van der Waals surface area contributed by atoms with Crippen molar-refractivity contribution >= 4 is 0 Å². The van der Waals surface area contributed by atoms with Gasteiger partial charge in [0.1, 0.15) is 0 Å². The minimum atomic E-state index is 0.0912. The van der Waals surface area contributed by atoms with E-state index >= 15 is 0 Å². The van der Waals surface area contributed by atoms with Gasteiger partial charge in [-0.25, -0.2) is 0 Å². The second-order valence-electron chi connectivity index (χ2n) is 5.28. The second-order valence-corrected chi connectivity index (χ2v) is 5.28. The van der Waals surface area contributed by atoms with Crippen molar-refractivity contribution in [2.75, 3.05) is 0 Å². The molecule has 0 amide bonds. The first kappa shape index (κ1) is 16.0. The van der Waals surface area contributed by atoms with E-state index < -0.39 is 0 Å². The van der Waals surface area contributed by atoms with E-state index in [4.69, 9.17) is 5.73 Å². The summed E-state index contributed by atoms with van der Waals surface area (Å²) in [6.45, 7) is 5.38. The van der Waals surface area contributed by atoms with Crippen molar-refractivity contribution in [3.05, 3.63) is 33.7 Å². The number of hydrogen-bond donors (Lipinski definition) is 1. The Morgan fingerprint density at radius 1 is 1.05 bits per heavy atom. The number of aromatic nitrogens is 1. The van der Waals surface area contributed by atoms with Crippen molar-refractivity contribution in [2.45, 2.75) is 71.9 Å². The summed E-state index contributed by atoms with van der Waals surface area (Å²) in [7, 11) is 0. The summed E-state index contributed by atoms with van der Waals surface area (Å²) in [5, 5.41) is 0. The molecule has 19 heavy (non-hydrogen) atoms. The largest absolute Gasteiger partial charge is 0.326 e. The van der Waals surface area contributed by atoms with Gasteiger partial charge in [-0.1, -0.05) is 51.5 Å². The molecule has 0 aliphatic heterocycles. The van der Waals surface area contributed by atoms with Crippen molar-refractivity contribution in [3.63, 3.8) is 0 Å². The molecule has 0 fully saturated rings. The van der Waals surface area contributed by atoms with Gasteiger partial charge in [-0.15, -0.1) is 0 Å². The molecule has 3 nitrogen and oxygen atoms in total. The Bertz CT molecular complexity index is 423. The molecule has 0 unspecified atom stereocenters. The van der Waals surface area contributed by atoms with Crippen molar-refractivity contribution < 1.29 is 0 Å². The SMILES string of the molecule is CCCCCCCCCn1c(C)ccc(CN)c1=O. The summed E-state index contributed by atoms with van der Waals surface area (Å²) in [5.41, 5.74) is 7.42. The van der Waals surface area contributed by atoms with E-state index in [1.54, 1.807) is 0 Å². The molecule has 0 aliphatic rings. The van der Waals surface area contributed by atoms with Crippen molar-refractivity contribution in [3.8, 4) is 0 Å². The summed E-state index contributed by atoms with van der Waals surface area (Å²) in [4.78, 5) is 12.1. The number of pyridine rings is 1. The fourth-order valence-corrected chi connectivity index (χ4v) is 2.38.